The molecule has 0 unspecified atom stereocenters. The minimum Gasteiger partial charge on any atom is -0.497 e. The van der Waals surface area contributed by atoms with Gasteiger partial charge in [0.05, 0.1) is 13.5 Å². The Hall–Kier alpha value is -2.82. The number of ether oxygens (including phenoxy) is 1. The fourth-order valence-corrected chi connectivity index (χ4v) is 3.14. The summed E-state index contributed by atoms with van der Waals surface area (Å²) in [4.78, 5) is 27.6. The van der Waals surface area contributed by atoms with E-state index in [4.69, 9.17) is 4.74 Å². The summed E-state index contributed by atoms with van der Waals surface area (Å²) >= 11 is 0. The first-order valence-corrected chi connectivity index (χ1v) is 9.71. The van der Waals surface area contributed by atoms with Crippen molar-refractivity contribution in [3.63, 3.8) is 0 Å². The third-order valence-corrected chi connectivity index (χ3v) is 4.50. The Morgan fingerprint density at radius 3 is 2.32 bits per heavy atom. The summed E-state index contributed by atoms with van der Waals surface area (Å²) in [7, 11) is 1.61. The second kappa shape index (κ2) is 10.5. The van der Waals surface area contributed by atoms with Crippen molar-refractivity contribution in [2.45, 2.75) is 52.2 Å². The summed E-state index contributed by atoms with van der Waals surface area (Å²) in [5, 5.41) is 2.94. The number of amides is 2. The monoisotopic (exact) mass is 382 g/mol. The number of rotatable bonds is 9. The van der Waals surface area contributed by atoms with E-state index >= 15 is 0 Å². The fraction of sp³-hybridized carbons (Fsp3) is 0.391. The molecule has 1 N–H and O–H groups in total. The lowest BCUT2D eigenvalue weighted by atomic mass is 10.1. The molecule has 0 saturated carbocycles. The molecule has 0 aliphatic heterocycles. The second-order valence-electron chi connectivity index (χ2n) is 7.12. The average molecular weight is 383 g/mol. The molecule has 2 amide bonds. The van der Waals surface area contributed by atoms with Crippen molar-refractivity contribution in [3.8, 4) is 5.75 Å². The SMILES string of the molecule is CC[C@H](C(=O)NC(C)C)N(Cc1cccc(OC)c1)C(=O)Cc1ccccc1. The minimum atomic E-state index is -0.523. The molecule has 2 aromatic rings. The van der Waals surface area contributed by atoms with Crippen LogP contribution in [-0.4, -0.2) is 35.9 Å². The van der Waals surface area contributed by atoms with Gasteiger partial charge in [0.15, 0.2) is 0 Å². The first kappa shape index (κ1) is 21.5. The summed E-state index contributed by atoms with van der Waals surface area (Å²) in [5.41, 5.74) is 1.86. The normalized spacial score (nSPS) is 11.8. The van der Waals surface area contributed by atoms with E-state index in [0.717, 1.165) is 16.9 Å². The molecule has 0 radical (unpaired) electrons. The predicted molar refractivity (Wildman–Crippen MR) is 111 cm³/mol. The number of carbonyl (C=O) groups is 2. The highest BCUT2D eigenvalue weighted by Crippen LogP contribution is 2.18. The highest BCUT2D eigenvalue weighted by atomic mass is 16.5. The molecule has 5 nitrogen and oxygen atoms in total. The largest absolute Gasteiger partial charge is 0.497 e. The van der Waals surface area contributed by atoms with Crippen molar-refractivity contribution in [1.29, 1.82) is 0 Å². The standard InChI is InChI=1S/C23H30N2O3/c1-5-21(23(27)24-17(2)3)25(16-19-12-9-13-20(14-19)28-4)22(26)15-18-10-7-6-8-11-18/h6-14,17,21H,5,15-16H2,1-4H3,(H,24,27)/t21-/m1/s1. The highest BCUT2D eigenvalue weighted by molar-refractivity contribution is 5.88. The second-order valence-corrected chi connectivity index (χ2v) is 7.12. The van der Waals surface area contributed by atoms with E-state index in [1.54, 1.807) is 12.0 Å². The van der Waals surface area contributed by atoms with Crippen LogP contribution in [0.1, 0.15) is 38.3 Å². The molecular weight excluding hydrogens is 352 g/mol. The molecule has 0 saturated heterocycles. The number of benzene rings is 2. The zero-order valence-corrected chi connectivity index (χ0v) is 17.1. The summed E-state index contributed by atoms with van der Waals surface area (Å²) in [6, 6.07) is 16.7. The Labute approximate surface area is 167 Å². The summed E-state index contributed by atoms with van der Waals surface area (Å²) in [6.45, 7) is 6.12. The molecule has 0 aliphatic carbocycles. The van der Waals surface area contributed by atoms with Gasteiger partial charge in [0.25, 0.3) is 0 Å². The lowest BCUT2D eigenvalue weighted by Crippen LogP contribution is -2.50. The average Bonchev–Trinajstić information content (AvgIpc) is 2.68. The number of hydrogen-bond donors (Lipinski definition) is 1. The molecular formula is C23H30N2O3. The van der Waals surface area contributed by atoms with Gasteiger partial charge in [0.1, 0.15) is 11.8 Å². The maximum Gasteiger partial charge on any atom is 0.243 e. The van der Waals surface area contributed by atoms with Crippen molar-refractivity contribution in [1.82, 2.24) is 10.2 Å². The maximum absolute atomic E-state index is 13.2. The number of carbonyl (C=O) groups excluding carboxylic acids is 2. The van der Waals surface area contributed by atoms with Crippen LogP contribution < -0.4 is 10.1 Å². The van der Waals surface area contributed by atoms with Crippen LogP contribution in [-0.2, 0) is 22.6 Å². The lowest BCUT2D eigenvalue weighted by molar-refractivity contribution is -0.141. The quantitative estimate of drug-likeness (QED) is 0.721. The predicted octanol–water partition coefficient (Wildman–Crippen LogP) is 3.57. The Morgan fingerprint density at radius 2 is 1.71 bits per heavy atom. The summed E-state index contributed by atoms with van der Waals surface area (Å²) < 4.78 is 5.30. The van der Waals surface area contributed by atoms with Gasteiger partial charge in [0.2, 0.25) is 11.8 Å². The third-order valence-electron chi connectivity index (χ3n) is 4.50. The molecule has 0 spiro atoms. The van der Waals surface area contributed by atoms with Gasteiger partial charge in [-0.05, 0) is 43.5 Å². The molecule has 0 aliphatic rings. The van der Waals surface area contributed by atoms with E-state index in [1.807, 2.05) is 75.4 Å². The molecule has 0 aromatic heterocycles. The van der Waals surface area contributed by atoms with E-state index < -0.39 is 6.04 Å². The molecule has 0 bridgehead atoms. The van der Waals surface area contributed by atoms with Gasteiger partial charge in [-0.3, -0.25) is 9.59 Å². The topological polar surface area (TPSA) is 58.6 Å². The van der Waals surface area contributed by atoms with Gasteiger partial charge >= 0.3 is 0 Å². The van der Waals surface area contributed by atoms with Crippen molar-refractivity contribution >= 4 is 11.8 Å². The van der Waals surface area contributed by atoms with Crippen LogP contribution >= 0.6 is 0 Å². The summed E-state index contributed by atoms with van der Waals surface area (Å²) in [6.07, 6.45) is 0.805. The van der Waals surface area contributed by atoms with Crippen molar-refractivity contribution in [2.75, 3.05) is 7.11 Å². The van der Waals surface area contributed by atoms with Crippen LogP contribution in [0.3, 0.4) is 0 Å². The number of hydrogen-bond acceptors (Lipinski definition) is 3. The van der Waals surface area contributed by atoms with Gasteiger partial charge in [-0.1, -0.05) is 49.4 Å². The smallest absolute Gasteiger partial charge is 0.243 e. The zero-order chi connectivity index (χ0) is 20.5. The van der Waals surface area contributed by atoms with E-state index in [0.29, 0.717) is 13.0 Å². The van der Waals surface area contributed by atoms with Crippen LogP contribution in [0.2, 0.25) is 0 Å². The van der Waals surface area contributed by atoms with Gasteiger partial charge in [-0.2, -0.15) is 0 Å². The third kappa shape index (κ3) is 6.12. The van der Waals surface area contributed by atoms with Crippen LogP contribution in [0.25, 0.3) is 0 Å². The molecule has 2 aromatic carbocycles. The lowest BCUT2D eigenvalue weighted by Gasteiger charge is -2.31. The van der Waals surface area contributed by atoms with Gasteiger partial charge in [0, 0.05) is 12.6 Å². The van der Waals surface area contributed by atoms with Crippen molar-refractivity contribution < 1.29 is 14.3 Å². The van der Waals surface area contributed by atoms with Crippen LogP contribution in [0.5, 0.6) is 5.75 Å². The van der Waals surface area contributed by atoms with Crippen molar-refractivity contribution in [2.24, 2.45) is 0 Å². The number of nitrogens with zero attached hydrogens (tertiary/aromatic N) is 1. The Morgan fingerprint density at radius 1 is 1.04 bits per heavy atom. The Kier molecular flexibility index (Phi) is 8.05. The molecule has 150 valence electrons. The van der Waals surface area contributed by atoms with E-state index in [9.17, 15) is 9.59 Å². The molecule has 1 atom stereocenters. The van der Waals surface area contributed by atoms with Crippen molar-refractivity contribution in [3.05, 3.63) is 65.7 Å². The zero-order valence-electron chi connectivity index (χ0n) is 17.1. The van der Waals surface area contributed by atoms with Crippen LogP contribution in [0, 0.1) is 0 Å². The molecule has 28 heavy (non-hydrogen) atoms. The molecule has 5 heteroatoms. The first-order valence-electron chi connectivity index (χ1n) is 9.71. The van der Waals surface area contributed by atoms with E-state index in [2.05, 4.69) is 5.32 Å². The minimum absolute atomic E-state index is 0.0180. The van der Waals surface area contributed by atoms with Gasteiger partial charge in [-0.15, -0.1) is 0 Å². The summed E-state index contributed by atoms with van der Waals surface area (Å²) in [5.74, 6) is 0.536. The maximum atomic E-state index is 13.2. The fourth-order valence-electron chi connectivity index (χ4n) is 3.14. The molecule has 2 rings (SSSR count). The van der Waals surface area contributed by atoms with E-state index in [1.165, 1.54) is 0 Å². The highest BCUT2D eigenvalue weighted by Gasteiger charge is 2.29. The molecule has 0 fully saturated rings. The first-order chi connectivity index (χ1) is 13.4. The van der Waals surface area contributed by atoms with E-state index in [-0.39, 0.29) is 24.3 Å². The number of methoxy groups -OCH3 is 1. The Bertz CT molecular complexity index is 774. The van der Waals surface area contributed by atoms with Crippen LogP contribution in [0.15, 0.2) is 54.6 Å². The Balaban J connectivity index is 2.29. The van der Waals surface area contributed by atoms with Gasteiger partial charge < -0.3 is 15.0 Å². The van der Waals surface area contributed by atoms with Crippen LogP contribution in [0.4, 0.5) is 0 Å². The van der Waals surface area contributed by atoms with Gasteiger partial charge in [-0.25, -0.2) is 0 Å². The number of nitrogens with one attached hydrogen (secondary N) is 1. The molecule has 0 heterocycles.